The number of halogens is 1. The van der Waals surface area contributed by atoms with Crippen molar-refractivity contribution in [3.8, 4) is 5.75 Å². The number of rotatable bonds is 6. The van der Waals surface area contributed by atoms with Crippen molar-refractivity contribution >= 4 is 27.9 Å². The van der Waals surface area contributed by atoms with Crippen LogP contribution in [0, 0.1) is 13.8 Å². The molecule has 0 atom stereocenters. The number of benzene rings is 1. The van der Waals surface area contributed by atoms with E-state index in [0.717, 1.165) is 36.2 Å². The van der Waals surface area contributed by atoms with Crippen LogP contribution in [-0.4, -0.2) is 42.4 Å². The van der Waals surface area contributed by atoms with Gasteiger partial charge in [0.15, 0.2) is 0 Å². The Balaban J connectivity index is 0.000000626. The Hall–Kier alpha value is -1.60. The summed E-state index contributed by atoms with van der Waals surface area (Å²) >= 11 is 3.49. The van der Waals surface area contributed by atoms with Crippen LogP contribution in [0.5, 0.6) is 5.75 Å². The van der Waals surface area contributed by atoms with Crippen molar-refractivity contribution in [3.05, 3.63) is 27.7 Å². The van der Waals surface area contributed by atoms with Gasteiger partial charge >= 0.3 is 11.9 Å². The van der Waals surface area contributed by atoms with Gasteiger partial charge in [0.25, 0.3) is 0 Å². The van der Waals surface area contributed by atoms with Gasteiger partial charge in [0.2, 0.25) is 0 Å². The van der Waals surface area contributed by atoms with Crippen LogP contribution in [0.15, 0.2) is 16.6 Å². The highest BCUT2D eigenvalue weighted by atomic mass is 79.9. The highest BCUT2D eigenvalue weighted by molar-refractivity contribution is 9.10. The van der Waals surface area contributed by atoms with E-state index in [1.54, 1.807) is 0 Å². The lowest BCUT2D eigenvalue weighted by molar-refractivity contribution is -0.159. The predicted molar refractivity (Wildman–Crippen MR) is 87.5 cm³/mol. The van der Waals surface area contributed by atoms with E-state index in [4.69, 9.17) is 24.5 Å². The molecule has 22 heavy (non-hydrogen) atoms. The van der Waals surface area contributed by atoms with Crippen molar-refractivity contribution in [1.82, 2.24) is 5.32 Å². The van der Waals surface area contributed by atoms with Crippen molar-refractivity contribution in [1.29, 1.82) is 0 Å². The zero-order chi connectivity index (χ0) is 17.1. The fourth-order valence-corrected chi connectivity index (χ4v) is 2.39. The first-order valence-corrected chi connectivity index (χ1v) is 7.59. The highest BCUT2D eigenvalue weighted by Gasteiger charge is 2.05. The molecule has 0 aliphatic rings. The molecule has 0 aromatic heterocycles. The summed E-state index contributed by atoms with van der Waals surface area (Å²) in [7, 11) is 1.98. The Morgan fingerprint density at radius 2 is 1.64 bits per heavy atom. The Labute approximate surface area is 138 Å². The minimum atomic E-state index is -1.82. The normalized spacial score (nSPS) is 9.64. The number of hydrogen-bond acceptors (Lipinski definition) is 4. The maximum Gasteiger partial charge on any atom is 0.414 e. The number of ether oxygens (including phenoxy) is 1. The number of unbranched alkanes of at least 4 members (excludes halogenated alkanes) is 1. The zero-order valence-corrected chi connectivity index (χ0v) is 14.6. The van der Waals surface area contributed by atoms with E-state index in [2.05, 4.69) is 47.2 Å². The summed E-state index contributed by atoms with van der Waals surface area (Å²) in [6.07, 6.45) is 2.25. The van der Waals surface area contributed by atoms with Crippen LogP contribution in [0.1, 0.15) is 24.0 Å². The Morgan fingerprint density at radius 1 is 1.14 bits per heavy atom. The van der Waals surface area contributed by atoms with Gasteiger partial charge in [-0.15, -0.1) is 0 Å². The SMILES string of the molecule is CNCCCCOc1c(C)cc(Br)cc1C.O=C(O)C(=O)O. The first kappa shape index (κ1) is 20.4. The number of carboxylic acid groups (broad SMARTS) is 2. The summed E-state index contributed by atoms with van der Waals surface area (Å²) in [5, 5.41) is 17.9. The van der Waals surface area contributed by atoms with Gasteiger partial charge in [-0.05, 0) is 63.5 Å². The summed E-state index contributed by atoms with van der Waals surface area (Å²) in [4.78, 5) is 18.2. The second-order valence-corrected chi connectivity index (χ2v) is 5.55. The van der Waals surface area contributed by atoms with Crippen LogP contribution in [0.2, 0.25) is 0 Å². The van der Waals surface area contributed by atoms with E-state index >= 15 is 0 Å². The smallest absolute Gasteiger partial charge is 0.414 e. The summed E-state index contributed by atoms with van der Waals surface area (Å²) in [5.41, 5.74) is 2.39. The van der Waals surface area contributed by atoms with Gasteiger partial charge in [-0.1, -0.05) is 15.9 Å². The van der Waals surface area contributed by atoms with E-state index in [-0.39, 0.29) is 0 Å². The van der Waals surface area contributed by atoms with Crippen molar-refractivity contribution in [3.63, 3.8) is 0 Å². The molecule has 0 bridgehead atoms. The molecule has 1 rings (SSSR count). The molecule has 0 saturated carbocycles. The minimum absolute atomic E-state index is 0.797. The molecule has 3 N–H and O–H groups in total. The number of carboxylic acids is 2. The summed E-state index contributed by atoms with van der Waals surface area (Å²) in [5.74, 6) is -2.61. The molecule has 0 heterocycles. The molecule has 1 aromatic rings. The highest BCUT2D eigenvalue weighted by Crippen LogP contribution is 2.27. The van der Waals surface area contributed by atoms with Crippen LogP contribution in [0.3, 0.4) is 0 Å². The Morgan fingerprint density at radius 3 is 2.05 bits per heavy atom. The van der Waals surface area contributed by atoms with Gasteiger partial charge in [0, 0.05) is 4.47 Å². The van der Waals surface area contributed by atoms with E-state index in [1.807, 2.05) is 7.05 Å². The van der Waals surface area contributed by atoms with Crippen molar-refractivity contribution in [2.45, 2.75) is 26.7 Å². The largest absolute Gasteiger partial charge is 0.493 e. The van der Waals surface area contributed by atoms with E-state index < -0.39 is 11.9 Å². The number of nitrogens with one attached hydrogen (secondary N) is 1. The first-order chi connectivity index (χ1) is 10.3. The molecule has 1 aromatic carbocycles. The molecule has 7 heteroatoms. The van der Waals surface area contributed by atoms with E-state index in [1.165, 1.54) is 11.1 Å². The number of aryl methyl sites for hydroxylation is 2. The lowest BCUT2D eigenvalue weighted by atomic mass is 10.1. The molecule has 0 aliphatic carbocycles. The van der Waals surface area contributed by atoms with Crippen molar-refractivity contribution in [2.24, 2.45) is 0 Å². The summed E-state index contributed by atoms with van der Waals surface area (Å²) in [6, 6.07) is 4.19. The third-order valence-corrected chi connectivity index (χ3v) is 3.13. The van der Waals surface area contributed by atoms with Crippen LogP contribution in [0.25, 0.3) is 0 Å². The fourth-order valence-electron chi connectivity index (χ4n) is 1.70. The summed E-state index contributed by atoms with van der Waals surface area (Å²) in [6.45, 7) is 6.02. The third kappa shape index (κ3) is 8.63. The van der Waals surface area contributed by atoms with Crippen LogP contribution >= 0.6 is 15.9 Å². The van der Waals surface area contributed by atoms with E-state index in [0.29, 0.717) is 0 Å². The van der Waals surface area contributed by atoms with Gasteiger partial charge in [0.1, 0.15) is 5.75 Å². The maximum atomic E-state index is 9.10. The van der Waals surface area contributed by atoms with Gasteiger partial charge in [0.05, 0.1) is 6.61 Å². The molecule has 124 valence electrons. The van der Waals surface area contributed by atoms with Gasteiger partial charge < -0.3 is 20.3 Å². The predicted octanol–water partition coefficient (Wildman–Crippen LogP) is 2.60. The average molecular weight is 376 g/mol. The lowest BCUT2D eigenvalue weighted by Crippen LogP contribution is -2.09. The quantitative estimate of drug-likeness (QED) is 0.522. The lowest BCUT2D eigenvalue weighted by Gasteiger charge is -2.12. The standard InChI is InChI=1S/C13H20BrNO.C2H2O4/c1-10-8-12(14)9-11(2)13(10)16-7-5-4-6-15-3;3-1(4)2(5)6/h8-9,15H,4-7H2,1-3H3;(H,3,4)(H,5,6). The van der Waals surface area contributed by atoms with Crippen LogP contribution in [0.4, 0.5) is 0 Å². The number of carbonyl (C=O) groups is 2. The van der Waals surface area contributed by atoms with Crippen LogP contribution < -0.4 is 10.1 Å². The van der Waals surface area contributed by atoms with Gasteiger partial charge in [-0.2, -0.15) is 0 Å². The summed E-state index contributed by atoms with van der Waals surface area (Å²) < 4.78 is 6.94. The monoisotopic (exact) mass is 375 g/mol. The second-order valence-electron chi connectivity index (χ2n) is 4.64. The topological polar surface area (TPSA) is 95.9 Å². The molecule has 0 amide bonds. The molecule has 0 radical (unpaired) electrons. The molecular weight excluding hydrogens is 354 g/mol. The zero-order valence-electron chi connectivity index (χ0n) is 13.0. The van der Waals surface area contributed by atoms with Crippen molar-refractivity contribution in [2.75, 3.05) is 20.2 Å². The van der Waals surface area contributed by atoms with E-state index in [9.17, 15) is 0 Å². The molecular formula is C15H22BrNO5. The molecule has 0 spiro atoms. The molecule has 0 fully saturated rings. The molecule has 6 nitrogen and oxygen atoms in total. The number of aliphatic carboxylic acids is 2. The first-order valence-electron chi connectivity index (χ1n) is 6.80. The molecule has 0 aliphatic heterocycles. The second kappa shape index (κ2) is 11.0. The van der Waals surface area contributed by atoms with Gasteiger partial charge in [-0.25, -0.2) is 9.59 Å². The molecule has 0 unspecified atom stereocenters. The maximum absolute atomic E-state index is 9.10. The Kier molecular flexibility index (Phi) is 10.2. The third-order valence-electron chi connectivity index (χ3n) is 2.68. The van der Waals surface area contributed by atoms with Gasteiger partial charge in [-0.3, -0.25) is 0 Å². The van der Waals surface area contributed by atoms with Crippen molar-refractivity contribution < 1.29 is 24.5 Å². The minimum Gasteiger partial charge on any atom is -0.493 e. The molecule has 0 saturated heterocycles. The fraction of sp³-hybridized carbons (Fsp3) is 0.467. The average Bonchev–Trinajstić information content (AvgIpc) is 2.41. The Bertz CT molecular complexity index is 470. The number of hydrogen-bond donors (Lipinski definition) is 3. The van der Waals surface area contributed by atoms with Crippen LogP contribution in [-0.2, 0) is 9.59 Å².